The number of likely N-dealkylation sites (tertiary alicyclic amines) is 1. The van der Waals surface area contributed by atoms with Crippen LogP contribution in [0.4, 0.5) is 0 Å². The molecule has 4 bridgehead atoms. The van der Waals surface area contributed by atoms with Gasteiger partial charge in [-0.25, -0.2) is 0 Å². The lowest BCUT2D eigenvalue weighted by molar-refractivity contribution is -0.123. The number of carbonyl (C=O) groups is 3. The number of pyridine rings is 1. The van der Waals surface area contributed by atoms with Gasteiger partial charge < -0.3 is 34.7 Å². The molecule has 0 spiro atoms. The van der Waals surface area contributed by atoms with Gasteiger partial charge in [0, 0.05) is 49.3 Å². The summed E-state index contributed by atoms with van der Waals surface area (Å²) in [5.41, 5.74) is 1.67. The highest BCUT2D eigenvalue weighted by Gasteiger charge is 2.35. The van der Waals surface area contributed by atoms with E-state index in [0.717, 1.165) is 11.1 Å². The van der Waals surface area contributed by atoms with Gasteiger partial charge in [0.15, 0.2) is 6.61 Å². The number of nitrogens with zero attached hydrogens (tertiary/aromatic N) is 1. The third-order valence-corrected chi connectivity index (χ3v) is 6.98. The Morgan fingerprint density at radius 3 is 2.73 bits per heavy atom. The van der Waals surface area contributed by atoms with Crippen LogP contribution in [-0.4, -0.2) is 66.6 Å². The van der Waals surface area contributed by atoms with Crippen LogP contribution in [0.2, 0.25) is 0 Å². The summed E-state index contributed by atoms with van der Waals surface area (Å²) < 4.78 is 17.6. The van der Waals surface area contributed by atoms with E-state index in [-0.39, 0.29) is 48.7 Å². The van der Waals surface area contributed by atoms with Crippen LogP contribution < -0.4 is 30.4 Å². The largest absolute Gasteiger partial charge is 0.496 e. The normalized spacial score (nSPS) is 19.3. The summed E-state index contributed by atoms with van der Waals surface area (Å²) in [5, 5.41) is 5.84. The second-order valence-electron chi connectivity index (χ2n) is 9.72. The van der Waals surface area contributed by atoms with Gasteiger partial charge >= 0.3 is 0 Å². The van der Waals surface area contributed by atoms with Crippen LogP contribution in [0.15, 0.2) is 59.4 Å². The van der Waals surface area contributed by atoms with Crippen LogP contribution >= 0.6 is 0 Å². The molecular formula is C29H30N4O7. The zero-order valence-electron chi connectivity index (χ0n) is 22.2. The Hall–Kier alpha value is -4.80. The Kier molecular flexibility index (Phi) is 7.72. The summed E-state index contributed by atoms with van der Waals surface area (Å²) >= 11 is 0. The molecule has 1 saturated heterocycles. The maximum Gasteiger partial charge on any atom is 0.270 e. The number of methoxy groups -OCH3 is 1. The predicted octanol–water partition coefficient (Wildman–Crippen LogP) is 1.79. The van der Waals surface area contributed by atoms with Crippen molar-refractivity contribution < 1.29 is 28.6 Å². The van der Waals surface area contributed by atoms with Gasteiger partial charge in [-0.3, -0.25) is 19.2 Å². The fourth-order valence-corrected chi connectivity index (χ4v) is 4.79. The predicted molar refractivity (Wildman–Crippen MR) is 145 cm³/mol. The summed E-state index contributed by atoms with van der Waals surface area (Å²) in [5.74, 6) is 0.419. The van der Waals surface area contributed by atoms with Gasteiger partial charge in [0.1, 0.15) is 29.0 Å². The average Bonchev–Trinajstić information content (AvgIpc) is 2.96. The first-order chi connectivity index (χ1) is 19.3. The molecule has 0 radical (unpaired) electrons. The van der Waals surface area contributed by atoms with Crippen molar-refractivity contribution in [3.8, 4) is 17.2 Å². The van der Waals surface area contributed by atoms with Crippen LogP contribution in [0.25, 0.3) is 0 Å². The first-order valence-corrected chi connectivity index (χ1v) is 12.9. The molecule has 3 N–H and O–H groups in total. The number of aryl methyl sites for hydroxylation is 1. The maximum absolute atomic E-state index is 13.4. The van der Waals surface area contributed by atoms with E-state index in [2.05, 4.69) is 15.6 Å². The summed E-state index contributed by atoms with van der Waals surface area (Å²) in [6.07, 6.45) is -0.0363. The van der Waals surface area contributed by atoms with Gasteiger partial charge in [-0.2, -0.15) is 0 Å². The zero-order valence-corrected chi connectivity index (χ0v) is 22.2. The first kappa shape index (κ1) is 26.8. The van der Waals surface area contributed by atoms with Crippen LogP contribution in [0, 0.1) is 6.92 Å². The molecule has 11 heteroatoms. The van der Waals surface area contributed by atoms with Crippen molar-refractivity contribution in [2.75, 3.05) is 26.8 Å². The fourth-order valence-electron chi connectivity index (χ4n) is 4.79. The highest BCUT2D eigenvalue weighted by Crippen LogP contribution is 2.28. The topological polar surface area (TPSA) is 139 Å². The number of carbonyl (C=O) groups excluding carboxylic acids is 3. The van der Waals surface area contributed by atoms with Gasteiger partial charge in [0.25, 0.3) is 17.7 Å². The van der Waals surface area contributed by atoms with Crippen molar-refractivity contribution in [1.29, 1.82) is 0 Å². The number of aromatic amines is 1. The number of hydrogen-bond donors (Lipinski definition) is 3. The molecule has 4 heterocycles. The van der Waals surface area contributed by atoms with Crippen LogP contribution in [-0.2, 0) is 11.3 Å². The zero-order chi connectivity index (χ0) is 28.2. The standard InChI is InChI=1S/C29H30N4O7/c1-17-6-7-18-12-24(17)39-16-27(35)30-14-19-8-9-20(13-25(19)38-2)40-23-10-11-33(15-22(23)32-28(18)36)29(37)21-4-3-5-26(34)31-21/h3-9,12-13,22-23H,10-11,14-16H2,1-2H3,(H,30,35)(H,31,34)(H,32,36)/t22-,23+/m0/s1. The molecule has 3 amide bonds. The number of benzene rings is 2. The van der Waals surface area contributed by atoms with E-state index in [9.17, 15) is 19.2 Å². The summed E-state index contributed by atoms with van der Waals surface area (Å²) in [6.45, 7) is 2.35. The smallest absolute Gasteiger partial charge is 0.270 e. The van der Waals surface area contributed by atoms with E-state index in [0.29, 0.717) is 35.8 Å². The quantitative estimate of drug-likeness (QED) is 0.445. The van der Waals surface area contributed by atoms with E-state index < -0.39 is 12.1 Å². The van der Waals surface area contributed by atoms with Gasteiger partial charge in [-0.15, -0.1) is 0 Å². The maximum atomic E-state index is 13.4. The summed E-state index contributed by atoms with van der Waals surface area (Å²) in [7, 11) is 1.53. The van der Waals surface area contributed by atoms with Crippen LogP contribution in [0.3, 0.4) is 0 Å². The Labute approximate surface area is 230 Å². The van der Waals surface area contributed by atoms with Crippen molar-refractivity contribution in [2.24, 2.45) is 0 Å². The highest BCUT2D eigenvalue weighted by molar-refractivity contribution is 5.95. The Balaban J connectivity index is 1.47. The molecule has 3 aliphatic heterocycles. The summed E-state index contributed by atoms with van der Waals surface area (Å²) in [6, 6.07) is 14.2. The molecule has 3 aromatic rings. The number of hydrogen-bond acceptors (Lipinski definition) is 7. The molecule has 11 nitrogen and oxygen atoms in total. The number of amides is 3. The minimum absolute atomic E-state index is 0.162. The molecule has 3 aliphatic rings. The lowest BCUT2D eigenvalue weighted by Gasteiger charge is -2.38. The molecule has 0 aliphatic carbocycles. The number of piperidine rings is 1. The van der Waals surface area contributed by atoms with Crippen LogP contribution in [0.5, 0.6) is 17.2 Å². The molecule has 0 saturated carbocycles. The second kappa shape index (κ2) is 11.5. The monoisotopic (exact) mass is 546 g/mol. The van der Waals surface area contributed by atoms with Crippen molar-refractivity contribution >= 4 is 17.7 Å². The molecule has 2 atom stereocenters. The number of rotatable bonds is 2. The minimum atomic E-state index is -0.573. The van der Waals surface area contributed by atoms with E-state index in [1.54, 1.807) is 47.4 Å². The summed E-state index contributed by atoms with van der Waals surface area (Å²) in [4.78, 5) is 55.0. The lowest BCUT2D eigenvalue weighted by Crippen LogP contribution is -2.58. The molecular weight excluding hydrogens is 516 g/mol. The fraction of sp³-hybridized carbons (Fsp3) is 0.310. The Morgan fingerprint density at radius 2 is 1.93 bits per heavy atom. The molecule has 1 fully saturated rings. The third-order valence-electron chi connectivity index (χ3n) is 6.98. The minimum Gasteiger partial charge on any atom is -0.496 e. The van der Waals surface area contributed by atoms with Crippen molar-refractivity contribution in [3.63, 3.8) is 0 Å². The number of fused-ring (bicyclic) bond motifs is 7. The van der Waals surface area contributed by atoms with E-state index >= 15 is 0 Å². The molecule has 40 heavy (non-hydrogen) atoms. The Bertz CT molecular complexity index is 1500. The molecule has 1 aromatic heterocycles. The first-order valence-electron chi connectivity index (χ1n) is 12.9. The molecule has 2 aromatic carbocycles. The van der Waals surface area contributed by atoms with E-state index in [1.165, 1.54) is 19.2 Å². The van der Waals surface area contributed by atoms with Crippen LogP contribution in [0.1, 0.15) is 38.4 Å². The van der Waals surface area contributed by atoms with Crippen molar-refractivity contribution in [2.45, 2.75) is 32.0 Å². The third kappa shape index (κ3) is 5.93. The van der Waals surface area contributed by atoms with Gasteiger partial charge in [-0.1, -0.05) is 12.1 Å². The van der Waals surface area contributed by atoms with Gasteiger partial charge in [0.05, 0.1) is 13.2 Å². The van der Waals surface area contributed by atoms with Gasteiger partial charge in [0.2, 0.25) is 5.56 Å². The van der Waals surface area contributed by atoms with E-state index in [1.807, 2.05) is 6.92 Å². The van der Waals surface area contributed by atoms with Gasteiger partial charge in [-0.05, 0) is 42.8 Å². The number of H-pyrrole nitrogens is 1. The second-order valence-corrected chi connectivity index (χ2v) is 9.72. The highest BCUT2D eigenvalue weighted by atomic mass is 16.5. The number of aromatic nitrogens is 1. The Morgan fingerprint density at radius 1 is 1.07 bits per heavy atom. The molecule has 208 valence electrons. The average molecular weight is 547 g/mol. The lowest BCUT2D eigenvalue weighted by atomic mass is 10.00. The van der Waals surface area contributed by atoms with E-state index in [4.69, 9.17) is 14.2 Å². The van der Waals surface area contributed by atoms with Crippen molar-refractivity contribution in [1.82, 2.24) is 20.5 Å². The molecule has 0 unspecified atom stereocenters. The number of nitrogens with one attached hydrogen (secondary N) is 3. The number of ether oxygens (including phenoxy) is 3. The molecule has 6 rings (SSSR count). The SMILES string of the molecule is COc1cc2ccc1CNC(=O)COc1cc(ccc1C)C(=O)N[C@H]1CN(C(=O)c3cccc(=O)[nH]3)CC[C@H]1O2. The van der Waals surface area contributed by atoms with Crippen molar-refractivity contribution in [3.05, 3.63) is 87.3 Å².